The van der Waals surface area contributed by atoms with E-state index in [2.05, 4.69) is 256 Å². The summed E-state index contributed by atoms with van der Waals surface area (Å²) in [7, 11) is -4.72. The minimum absolute atomic E-state index is 0.333. The lowest BCUT2D eigenvalue weighted by Gasteiger charge is -2.67. The van der Waals surface area contributed by atoms with Crippen molar-refractivity contribution in [1.82, 2.24) is 0 Å². The summed E-state index contributed by atoms with van der Waals surface area (Å²) in [6.07, 6.45) is 4.59. The van der Waals surface area contributed by atoms with Gasteiger partial charge in [-0.15, -0.1) is 0 Å². The van der Waals surface area contributed by atoms with E-state index in [4.69, 9.17) is 0 Å². The van der Waals surface area contributed by atoms with E-state index in [-0.39, 0.29) is 9.79 Å². The number of rotatable bonds is 12. The summed E-state index contributed by atoms with van der Waals surface area (Å²) in [4.78, 5) is -0.666. The van der Waals surface area contributed by atoms with Crippen LogP contribution in [-0.4, -0.2) is 9.79 Å². The molecule has 1 saturated carbocycles. The van der Waals surface area contributed by atoms with Gasteiger partial charge in [0, 0.05) is 9.79 Å². The predicted molar refractivity (Wildman–Crippen MR) is 336 cm³/mol. The Kier molecular flexibility index (Phi) is 16.0. The van der Waals surface area contributed by atoms with Crippen LogP contribution in [0.2, 0.25) is 0 Å². The zero-order valence-corrected chi connectivity index (χ0v) is 51.1. The van der Waals surface area contributed by atoms with E-state index in [9.17, 15) is 0 Å². The maximum Gasteiger partial charge on any atom is 0.0414 e. The van der Waals surface area contributed by atoms with Crippen LogP contribution in [0, 0.1) is 111 Å². The van der Waals surface area contributed by atoms with E-state index in [1.807, 2.05) is 0 Å². The Bertz CT molecular complexity index is 2760. The first-order valence-electron chi connectivity index (χ1n) is 27.1. The van der Waals surface area contributed by atoms with Crippen LogP contribution in [0.4, 0.5) is 0 Å². The van der Waals surface area contributed by atoms with Crippen molar-refractivity contribution in [3.8, 4) is 0 Å². The number of hydrogen-bond donors (Lipinski definition) is 0. The molecule has 0 aliphatic heterocycles. The molecule has 8 aromatic rings. The van der Waals surface area contributed by atoms with Crippen LogP contribution < -0.4 is 42.4 Å². The first-order valence-corrected chi connectivity index (χ1v) is 32.5. The maximum absolute atomic E-state index is 2.62. The van der Waals surface area contributed by atoms with Gasteiger partial charge in [0.2, 0.25) is 0 Å². The van der Waals surface area contributed by atoms with Crippen molar-refractivity contribution < 1.29 is 0 Å². The van der Waals surface area contributed by atoms with E-state index in [0.717, 1.165) is 12.8 Å². The molecule has 0 atom stereocenters. The molecule has 0 unspecified atom stereocenters. The molecule has 0 radical (unpaired) electrons. The molecule has 380 valence electrons. The van der Waals surface area contributed by atoms with Gasteiger partial charge in [-0.25, -0.2) is 0 Å². The Morgan fingerprint density at radius 1 is 0.216 bits per heavy atom. The molecule has 1 aliphatic rings. The topological polar surface area (TPSA) is 0 Å². The van der Waals surface area contributed by atoms with Gasteiger partial charge in [-0.3, -0.25) is 0 Å². The van der Waals surface area contributed by atoms with Crippen molar-refractivity contribution in [3.63, 3.8) is 0 Å². The molecule has 1 fully saturated rings. The van der Waals surface area contributed by atoms with E-state index in [0.29, 0.717) is 0 Å². The SMILES string of the molecule is Cc1cccc(P(c2cccc(C)c2C)C2(P(c3cccc(C)c3C)c3cccc(C)c3C)CCCCC2(P(c2cccc(C)c2C)c2cccc(C)c2C)P(c2cccc(C)c2C)c2cccc(C)c2C)c1C. The zero-order chi connectivity index (χ0) is 53.0. The highest BCUT2D eigenvalue weighted by Gasteiger charge is 2.69. The fourth-order valence-corrected chi connectivity index (χ4v) is 32.6. The van der Waals surface area contributed by atoms with Crippen molar-refractivity contribution in [1.29, 1.82) is 0 Å². The lowest BCUT2D eigenvalue weighted by atomic mass is 9.97. The highest BCUT2D eigenvalue weighted by atomic mass is 31.2. The second-order valence-corrected chi connectivity index (χ2v) is 32.2. The average molecular weight is 1050 g/mol. The molecule has 8 aromatic carbocycles. The first kappa shape index (κ1) is 54.3. The van der Waals surface area contributed by atoms with E-state index < -0.39 is 31.7 Å². The summed E-state index contributed by atoms with van der Waals surface area (Å²) >= 11 is 0. The molecule has 0 saturated heterocycles. The third kappa shape index (κ3) is 9.06. The van der Waals surface area contributed by atoms with Crippen molar-refractivity contribution in [2.24, 2.45) is 0 Å². The maximum atomic E-state index is 2.62. The fraction of sp³-hybridized carbons (Fsp3) is 0.314. The Labute approximate surface area is 452 Å². The second kappa shape index (κ2) is 21.8. The molecule has 1 aliphatic carbocycles. The van der Waals surface area contributed by atoms with Gasteiger partial charge in [0.25, 0.3) is 0 Å². The minimum Gasteiger partial charge on any atom is -0.0613 e. The fourth-order valence-electron chi connectivity index (χ4n) is 12.4. The predicted octanol–water partition coefficient (Wildman–Crippen LogP) is 16.4. The van der Waals surface area contributed by atoms with Crippen molar-refractivity contribution in [2.45, 2.75) is 146 Å². The number of aryl methyl sites for hydroxylation is 8. The van der Waals surface area contributed by atoms with Gasteiger partial charge < -0.3 is 0 Å². The minimum atomic E-state index is -1.18. The van der Waals surface area contributed by atoms with E-state index in [1.165, 1.54) is 102 Å². The van der Waals surface area contributed by atoms with Gasteiger partial charge in [0.1, 0.15) is 0 Å². The molecule has 0 bridgehead atoms. The van der Waals surface area contributed by atoms with Crippen molar-refractivity contribution in [3.05, 3.63) is 235 Å². The molecule has 0 aromatic heterocycles. The molecular formula is C70H80P4. The number of hydrogen-bond acceptors (Lipinski definition) is 0. The highest BCUT2D eigenvalue weighted by molar-refractivity contribution is 7.98. The summed E-state index contributed by atoms with van der Waals surface area (Å²) in [6.45, 7) is 38.9. The average Bonchev–Trinajstić information content (AvgIpc) is 3.38. The largest absolute Gasteiger partial charge is 0.0613 e. The van der Waals surface area contributed by atoms with Crippen molar-refractivity contribution >= 4 is 74.1 Å². The Morgan fingerprint density at radius 2 is 0.351 bits per heavy atom. The second-order valence-electron chi connectivity index (χ2n) is 21.9. The molecule has 0 N–H and O–H groups in total. The molecule has 74 heavy (non-hydrogen) atoms. The molecule has 4 heteroatoms. The Balaban J connectivity index is 1.72. The monoisotopic (exact) mass is 1040 g/mol. The standard InChI is InChI=1S/C70H80P4/c1-45-27-19-35-61(53(45)9)71(62-36-20-28-46(2)54(62)10)69(72(63-37-21-29-47(3)55(63)11)64-38-22-30-48(4)56(64)12)43-17-18-44-70(69,73(65-39-23-31-49(5)57(65)13)66-40-24-32-50(6)58(66)14)74(67-41-25-33-51(7)59(67)15)68-42-26-34-52(8)60(68)16/h19-42H,17-18,43-44H2,1-16H3. The van der Waals surface area contributed by atoms with Gasteiger partial charge in [-0.05, 0) is 287 Å². The van der Waals surface area contributed by atoms with Gasteiger partial charge in [-0.2, -0.15) is 0 Å². The van der Waals surface area contributed by atoms with Gasteiger partial charge in [0.15, 0.2) is 0 Å². The third-order valence-corrected chi connectivity index (χ3v) is 34.2. The van der Waals surface area contributed by atoms with E-state index in [1.54, 1.807) is 42.4 Å². The van der Waals surface area contributed by atoms with E-state index >= 15 is 0 Å². The quantitative estimate of drug-likeness (QED) is 0.107. The zero-order valence-electron chi connectivity index (χ0n) is 47.5. The van der Waals surface area contributed by atoms with Gasteiger partial charge in [-0.1, -0.05) is 158 Å². The Hall–Kier alpha value is -4.52. The lowest BCUT2D eigenvalue weighted by Crippen LogP contribution is -2.61. The van der Waals surface area contributed by atoms with Crippen molar-refractivity contribution in [2.75, 3.05) is 0 Å². The molecule has 0 amide bonds. The molecular weight excluding hydrogens is 965 g/mol. The molecule has 0 nitrogen and oxygen atoms in total. The van der Waals surface area contributed by atoms with Crippen LogP contribution >= 0.6 is 31.7 Å². The lowest BCUT2D eigenvalue weighted by molar-refractivity contribution is 0.463. The van der Waals surface area contributed by atoms with Crippen LogP contribution in [0.1, 0.15) is 115 Å². The van der Waals surface area contributed by atoms with Crippen LogP contribution in [-0.2, 0) is 0 Å². The normalized spacial score (nSPS) is 14.4. The highest BCUT2D eigenvalue weighted by Crippen LogP contribution is 2.87. The molecule has 0 heterocycles. The van der Waals surface area contributed by atoms with Crippen LogP contribution in [0.25, 0.3) is 0 Å². The van der Waals surface area contributed by atoms with Crippen LogP contribution in [0.3, 0.4) is 0 Å². The van der Waals surface area contributed by atoms with Gasteiger partial charge >= 0.3 is 0 Å². The summed E-state index contributed by atoms with van der Waals surface area (Å²) in [5, 5.41) is 12.5. The summed E-state index contributed by atoms with van der Waals surface area (Å²) in [5.41, 5.74) is 22.8. The summed E-state index contributed by atoms with van der Waals surface area (Å²) in [5.74, 6) is 0. The van der Waals surface area contributed by atoms with Gasteiger partial charge in [0.05, 0.1) is 0 Å². The number of benzene rings is 8. The first-order chi connectivity index (χ1) is 35.4. The smallest absolute Gasteiger partial charge is 0.0414 e. The summed E-state index contributed by atoms with van der Waals surface area (Å²) in [6, 6.07) is 59.4. The van der Waals surface area contributed by atoms with Crippen LogP contribution in [0.15, 0.2) is 146 Å². The molecule has 0 spiro atoms. The summed E-state index contributed by atoms with van der Waals surface area (Å²) < 4.78 is 0. The molecule has 9 rings (SSSR count). The van der Waals surface area contributed by atoms with Crippen LogP contribution in [0.5, 0.6) is 0 Å². The Morgan fingerprint density at radius 3 is 0.486 bits per heavy atom. The third-order valence-electron chi connectivity index (χ3n) is 18.0.